The van der Waals surface area contributed by atoms with E-state index >= 15 is 0 Å². The number of allylic oxidation sites excluding steroid dienone is 3. The molecule has 0 fully saturated rings. The average Bonchev–Trinajstić information content (AvgIpc) is 2.16. The number of carbonyl (C=O) groups is 1. The van der Waals surface area contributed by atoms with Crippen LogP contribution in [0.5, 0.6) is 0 Å². The fourth-order valence-electron chi connectivity index (χ4n) is 2.13. The van der Waals surface area contributed by atoms with Crippen molar-refractivity contribution in [3.8, 4) is 0 Å². The molecule has 0 saturated heterocycles. The molecule has 1 aliphatic rings. The summed E-state index contributed by atoms with van der Waals surface area (Å²) in [5, 5.41) is 7.42. The highest BCUT2D eigenvalue weighted by atomic mass is 16.4. The van der Waals surface area contributed by atoms with Gasteiger partial charge in [-0.1, -0.05) is 25.5 Å². The minimum absolute atomic E-state index is 0.833. The van der Waals surface area contributed by atoms with E-state index in [1.54, 1.807) is 0 Å². The Bertz CT molecular complexity index is 312. The molecule has 1 heterocycles. The van der Waals surface area contributed by atoms with Crippen LogP contribution in [0.3, 0.4) is 0 Å². The molecule has 1 rings (SSSR count). The zero-order valence-electron chi connectivity index (χ0n) is 11.7. The van der Waals surface area contributed by atoms with Crippen molar-refractivity contribution in [1.82, 2.24) is 4.90 Å². The van der Waals surface area contributed by atoms with E-state index < -0.39 is 5.97 Å². The van der Waals surface area contributed by atoms with E-state index in [0.717, 1.165) is 19.9 Å². The summed E-state index contributed by atoms with van der Waals surface area (Å²) >= 11 is 0. The lowest BCUT2D eigenvalue weighted by Gasteiger charge is -2.31. The van der Waals surface area contributed by atoms with E-state index in [1.807, 2.05) is 0 Å². The van der Waals surface area contributed by atoms with Crippen LogP contribution in [0.2, 0.25) is 0 Å². The lowest BCUT2D eigenvalue weighted by Crippen LogP contribution is -2.28. The second-order valence-electron chi connectivity index (χ2n) is 4.41. The minimum atomic E-state index is -0.833. The lowest BCUT2D eigenvalue weighted by molar-refractivity contribution is -0.134. The molecule has 0 amide bonds. The monoisotopic (exact) mass is 239 g/mol. The highest BCUT2D eigenvalue weighted by Crippen LogP contribution is 2.22. The van der Waals surface area contributed by atoms with Gasteiger partial charge in [0.1, 0.15) is 0 Å². The Kier molecular flexibility index (Phi) is 7.35. The molecule has 0 aliphatic carbocycles. The Hall–Kier alpha value is -1.25. The maximum Gasteiger partial charge on any atom is 0.300 e. The van der Waals surface area contributed by atoms with Crippen molar-refractivity contribution < 1.29 is 9.90 Å². The van der Waals surface area contributed by atoms with Gasteiger partial charge in [-0.15, -0.1) is 0 Å². The van der Waals surface area contributed by atoms with Crippen LogP contribution >= 0.6 is 0 Å². The van der Waals surface area contributed by atoms with Gasteiger partial charge < -0.3 is 10.0 Å². The van der Waals surface area contributed by atoms with Gasteiger partial charge in [-0.2, -0.15) is 0 Å². The van der Waals surface area contributed by atoms with Gasteiger partial charge in [-0.3, -0.25) is 4.79 Å². The smallest absolute Gasteiger partial charge is 0.300 e. The molecule has 0 bridgehead atoms. The average molecular weight is 239 g/mol. The highest BCUT2D eigenvalue weighted by Gasteiger charge is 2.13. The van der Waals surface area contributed by atoms with Gasteiger partial charge in [0, 0.05) is 25.7 Å². The molecular weight excluding hydrogens is 214 g/mol. The number of aliphatic carboxylic acids is 1. The number of nitrogens with zero attached hydrogens (tertiary/aromatic N) is 1. The normalized spacial score (nSPS) is 15.1. The van der Waals surface area contributed by atoms with Crippen LogP contribution in [0, 0.1) is 0 Å². The number of hydrogen-bond acceptors (Lipinski definition) is 2. The fourth-order valence-corrected chi connectivity index (χ4v) is 2.13. The summed E-state index contributed by atoms with van der Waals surface area (Å²) in [5.74, 6) is -0.833. The third-order valence-corrected chi connectivity index (χ3v) is 2.57. The lowest BCUT2D eigenvalue weighted by atomic mass is 10.0. The van der Waals surface area contributed by atoms with E-state index in [2.05, 4.69) is 38.7 Å². The molecule has 3 heteroatoms. The summed E-state index contributed by atoms with van der Waals surface area (Å²) in [6, 6.07) is 0. The van der Waals surface area contributed by atoms with Gasteiger partial charge in [0.25, 0.3) is 5.97 Å². The number of rotatable bonds is 3. The molecule has 0 saturated carbocycles. The molecule has 0 spiro atoms. The van der Waals surface area contributed by atoms with Crippen molar-refractivity contribution in [2.45, 2.75) is 47.5 Å². The van der Waals surface area contributed by atoms with Crippen molar-refractivity contribution in [3.05, 3.63) is 22.9 Å². The summed E-state index contributed by atoms with van der Waals surface area (Å²) in [6.07, 6.45) is 4.73. The topological polar surface area (TPSA) is 40.5 Å². The molecule has 1 aliphatic heterocycles. The van der Waals surface area contributed by atoms with Crippen LogP contribution in [-0.4, -0.2) is 29.1 Å². The first-order valence-electron chi connectivity index (χ1n) is 6.23. The Morgan fingerprint density at radius 2 is 1.94 bits per heavy atom. The van der Waals surface area contributed by atoms with Crippen molar-refractivity contribution in [1.29, 1.82) is 0 Å². The fraction of sp³-hybridized carbons (Fsp3) is 0.643. The van der Waals surface area contributed by atoms with E-state index in [-0.39, 0.29) is 0 Å². The Labute approximate surface area is 105 Å². The largest absolute Gasteiger partial charge is 0.481 e. The summed E-state index contributed by atoms with van der Waals surface area (Å²) in [4.78, 5) is 11.5. The summed E-state index contributed by atoms with van der Waals surface area (Å²) in [6.45, 7) is 12.4. The standard InChI is InChI=1S/C12H21N.C2H4O2/c1-5-7-13-9-10(3)8-11(4)12(13)6-2;1-2(3)4/h8H,5-7,9H2,1-4H3;1H3,(H,3,4). The van der Waals surface area contributed by atoms with Crippen LogP contribution in [0.4, 0.5) is 0 Å². The quantitative estimate of drug-likeness (QED) is 0.820. The van der Waals surface area contributed by atoms with E-state index in [1.165, 1.54) is 29.8 Å². The molecule has 3 nitrogen and oxygen atoms in total. The molecule has 17 heavy (non-hydrogen) atoms. The molecule has 0 aromatic heterocycles. The zero-order chi connectivity index (χ0) is 13.4. The van der Waals surface area contributed by atoms with Gasteiger partial charge in [0.05, 0.1) is 0 Å². The number of hydrogen-bond donors (Lipinski definition) is 1. The van der Waals surface area contributed by atoms with Gasteiger partial charge in [-0.05, 0) is 32.3 Å². The van der Waals surface area contributed by atoms with Crippen molar-refractivity contribution >= 4 is 5.97 Å². The van der Waals surface area contributed by atoms with Crippen molar-refractivity contribution in [2.24, 2.45) is 0 Å². The third kappa shape index (κ3) is 6.15. The Morgan fingerprint density at radius 1 is 1.41 bits per heavy atom. The molecule has 0 aromatic rings. The molecule has 0 atom stereocenters. The molecule has 1 N–H and O–H groups in total. The minimum Gasteiger partial charge on any atom is -0.481 e. The Balaban J connectivity index is 0.000000557. The predicted molar refractivity (Wildman–Crippen MR) is 71.9 cm³/mol. The zero-order valence-corrected chi connectivity index (χ0v) is 11.7. The molecule has 98 valence electrons. The van der Waals surface area contributed by atoms with Crippen molar-refractivity contribution in [2.75, 3.05) is 13.1 Å². The van der Waals surface area contributed by atoms with Crippen LogP contribution in [0.1, 0.15) is 47.5 Å². The van der Waals surface area contributed by atoms with Crippen molar-refractivity contribution in [3.63, 3.8) is 0 Å². The summed E-state index contributed by atoms with van der Waals surface area (Å²) in [7, 11) is 0. The maximum absolute atomic E-state index is 9.00. The molecular formula is C14H25NO2. The van der Waals surface area contributed by atoms with Gasteiger partial charge in [-0.25, -0.2) is 0 Å². The van der Waals surface area contributed by atoms with Crippen LogP contribution in [-0.2, 0) is 4.79 Å². The number of carboxylic acids is 1. The second kappa shape index (κ2) is 7.93. The first-order chi connectivity index (χ1) is 7.92. The Morgan fingerprint density at radius 3 is 2.35 bits per heavy atom. The predicted octanol–water partition coefficient (Wildman–Crippen LogP) is 3.43. The van der Waals surface area contributed by atoms with Crippen LogP contribution in [0.25, 0.3) is 0 Å². The highest BCUT2D eigenvalue weighted by molar-refractivity contribution is 5.62. The third-order valence-electron chi connectivity index (χ3n) is 2.57. The summed E-state index contributed by atoms with van der Waals surface area (Å²) in [5.41, 5.74) is 4.48. The van der Waals surface area contributed by atoms with Gasteiger partial charge in [0.2, 0.25) is 0 Å². The SMILES string of the molecule is CC(=O)O.CCCN1CC(C)=CC(C)=C1CC. The summed E-state index contributed by atoms with van der Waals surface area (Å²) < 4.78 is 0. The first kappa shape index (κ1) is 15.8. The second-order valence-corrected chi connectivity index (χ2v) is 4.41. The number of carboxylic acid groups (broad SMARTS) is 1. The van der Waals surface area contributed by atoms with E-state index in [0.29, 0.717) is 0 Å². The molecule has 0 unspecified atom stereocenters. The van der Waals surface area contributed by atoms with Gasteiger partial charge >= 0.3 is 0 Å². The van der Waals surface area contributed by atoms with E-state index in [4.69, 9.17) is 9.90 Å². The first-order valence-corrected chi connectivity index (χ1v) is 6.23. The molecule has 0 radical (unpaired) electrons. The van der Waals surface area contributed by atoms with Gasteiger partial charge in [0.15, 0.2) is 0 Å². The van der Waals surface area contributed by atoms with E-state index in [9.17, 15) is 0 Å². The van der Waals surface area contributed by atoms with Crippen LogP contribution in [0.15, 0.2) is 22.9 Å². The maximum atomic E-state index is 9.00. The van der Waals surface area contributed by atoms with Crippen LogP contribution < -0.4 is 0 Å². The molecule has 0 aromatic carbocycles.